The summed E-state index contributed by atoms with van der Waals surface area (Å²) in [6.45, 7) is 27.4. The first-order valence-corrected chi connectivity index (χ1v) is 44.2. The Balaban J connectivity index is 0.000000148. The predicted molar refractivity (Wildman–Crippen MR) is 425 cm³/mol. The van der Waals surface area contributed by atoms with Crippen LogP contribution in [0.4, 0.5) is 40.9 Å². The van der Waals surface area contributed by atoms with Gasteiger partial charge in [-0.3, -0.25) is 14.4 Å². The summed E-state index contributed by atoms with van der Waals surface area (Å²) in [4.78, 5) is 69.6. The summed E-state index contributed by atoms with van der Waals surface area (Å²) in [7, 11) is 0. The molecule has 0 amide bonds. The van der Waals surface area contributed by atoms with Crippen LogP contribution in [0.3, 0.4) is 0 Å². The number of benzene rings is 3. The Kier molecular flexibility index (Phi) is 26.8. The Morgan fingerprint density at radius 2 is 0.972 bits per heavy atom. The number of rotatable bonds is 21. The number of nitriles is 1. The van der Waals surface area contributed by atoms with E-state index < -0.39 is 18.4 Å². The number of fused-ring (bicyclic) bond motifs is 3. The Morgan fingerprint density at radius 1 is 0.557 bits per heavy atom. The molecule has 3 saturated carbocycles. The van der Waals surface area contributed by atoms with Gasteiger partial charge in [0.05, 0.1) is 70.0 Å². The van der Waals surface area contributed by atoms with Crippen LogP contribution in [0.2, 0.25) is 28.5 Å². The van der Waals surface area contributed by atoms with Crippen LogP contribution in [-0.4, -0.2) is 82.4 Å². The van der Waals surface area contributed by atoms with Crippen molar-refractivity contribution in [1.29, 1.82) is 5.26 Å². The summed E-state index contributed by atoms with van der Waals surface area (Å²) < 4.78 is 11.7. The molecule has 3 atom stereocenters. The van der Waals surface area contributed by atoms with Gasteiger partial charge in [-0.2, -0.15) is 20.4 Å². The van der Waals surface area contributed by atoms with Gasteiger partial charge in [0.15, 0.2) is 5.15 Å². The number of nitrogens with two attached hydrogens (primary N) is 4. The second-order valence-corrected chi connectivity index (χ2v) is 41.1. The molecule has 0 radical (unpaired) electrons. The Labute approximate surface area is 633 Å². The topological polar surface area (TPSA) is 356 Å². The third kappa shape index (κ3) is 18.9. The van der Waals surface area contributed by atoms with Crippen LogP contribution in [-0.2, 0) is 0 Å². The van der Waals surface area contributed by atoms with Gasteiger partial charge >= 0.3 is 123 Å². The maximum atomic E-state index is 13.8. The van der Waals surface area contributed by atoms with Gasteiger partial charge in [-0.15, -0.1) is 0 Å². The molecule has 29 heteroatoms. The quantitative estimate of drug-likeness (QED) is 0.0221. The zero-order chi connectivity index (χ0) is 75.8. The van der Waals surface area contributed by atoms with Gasteiger partial charge in [-0.25, -0.2) is 34.6 Å². The molecule has 3 aliphatic carbocycles. The molecule has 8 aromatic heterocycles. The molecule has 8 heterocycles. The minimum Gasteiger partial charge on any atom is -0.371 e. The van der Waals surface area contributed by atoms with Crippen molar-refractivity contribution >= 4 is 130 Å². The summed E-state index contributed by atoms with van der Waals surface area (Å²) >= 11 is 15.7. The number of hydrogen-bond acceptors (Lipinski definition) is 20. The zero-order valence-electron chi connectivity index (χ0n) is 60.0. The predicted octanol–water partition coefficient (Wildman–Crippen LogP) is 16.1. The van der Waals surface area contributed by atoms with E-state index in [4.69, 9.17) is 76.1 Å². The molecule has 3 aliphatic rings. The summed E-state index contributed by atoms with van der Waals surface area (Å²) in [5, 5.41) is 36.2. The van der Waals surface area contributed by atoms with Crippen molar-refractivity contribution in [3.63, 3.8) is 0 Å². The average Bonchev–Trinajstić information content (AvgIpc) is 1.75. The Morgan fingerprint density at radius 3 is 1.38 bits per heavy atom. The maximum Gasteiger partial charge on any atom is 0.260 e. The zero-order valence-corrected chi connectivity index (χ0v) is 65.1. The first-order chi connectivity index (χ1) is 51.2. The number of nitrogen functional groups attached to an aromatic ring is 3. The molecule has 25 nitrogen and oxygen atoms in total. The molecule has 14 rings (SSSR count). The van der Waals surface area contributed by atoms with E-state index in [0.717, 1.165) is 82.9 Å². The van der Waals surface area contributed by atoms with Crippen molar-refractivity contribution < 1.29 is 0 Å². The SMILES string of the molecule is CCC[CH2][Sn]([CH2]CCC)([CH2]CCC)[c]1ccnnc1.C[C@H](N)c1cc2cccc(Cl)c2c(=O)n1C1CC1.N#Cc1cnc(N)nc1Cl.[C-]#[N+]c1cnc(N)nc1N[C@@H](C)c1cc2cccc(-c3ccnnc3)c2c(=O)n1C1CC1.[C-]#[N+]c1cnc(N)nc1N[C@@H](C)c1cc2cccc(Cl)c2c(=O)n1C1CC1. The van der Waals surface area contributed by atoms with Crippen LogP contribution in [0.5, 0.6) is 0 Å². The van der Waals surface area contributed by atoms with Crippen molar-refractivity contribution in [2.75, 3.05) is 27.8 Å². The second-order valence-electron chi connectivity index (χ2n) is 26.7. The number of pyridine rings is 3. The van der Waals surface area contributed by atoms with Crippen molar-refractivity contribution in [2.45, 2.75) is 168 Å². The molecule has 10 N–H and O–H groups in total. The van der Waals surface area contributed by atoms with E-state index in [1.807, 2.05) is 113 Å². The number of halogens is 3. The summed E-state index contributed by atoms with van der Waals surface area (Å²) in [6, 6.07) is 28.7. The molecule has 11 aromatic rings. The fraction of sp³-hybridized carbons (Fsp3) is 0.351. The van der Waals surface area contributed by atoms with Crippen LogP contribution in [0.1, 0.15) is 177 Å². The van der Waals surface area contributed by atoms with E-state index in [1.54, 1.807) is 28.1 Å². The maximum absolute atomic E-state index is 13.8. The molecule has 106 heavy (non-hydrogen) atoms. The molecule has 546 valence electrons. The number of hydrogen-bond donors (Lipinski definition) is 6. The van der Waals surface area contributed by atoms with Crippen molar-refractivity contribution in [3.05, 3.63) is 220 Å². The van der Waals surface area contributed by atoms with Gasteiger partial charge in [0.2, 0.25) is 29.2 Å². The van der Waals surface area contributed by atoms with Gasteiger partial charge < -0.3 is 47.3 Å². The minimum atomic E-state index is -2.20. The molecule has 0 unspecified atom stereocenters. The van der Waals surface area contributed by atoms with Gasteiger partial charge in [-0.1, -0.05) is 77.3 Å². The van der Waals surface area contributed by atoms with Crippen molar-refractivity contribution in [3.8, 4) is 17.2 Å². The van der Waals surface area contributed by atoms with Gasteiger partial charge in [-0.05, 0) is 117 Å². The minimum absolute atomic E-state index is 0.00657. The number of nitrogens with one attached hydrogen (secondary N) is 2. The van der Waals surface area contributed by atoms with E-state index in [0.29, 0.717) is 43.9 Å². The fourth-order valence-corrected chi connectivity index (χ4v) is 29.4. The smallest absolute Gasteiger partial charge is 0.260 e. The van der Waals surface area contributed by atoms with Crippen molar-refractivity contribution in [1.82, 2.24) is 64.0 Å². The summed E-state index contributed by atoms with van der Waals surface area (Å²) in [5.74, 6) is 0.948. The largest absolute Gasteiger partial charge is 0.371 e. The third-order valence-electron chi connectivity index (χ3n) is 18.8. The fourth-order valence-electron chi connectivity index (χ4n) is 13.1. The van der Waals surface area contributed by atoms with E-state index in [2.05, 4.69) is 104 Å². The number of unbranched alkanes of at least 4 members (excludes halogenated alkanes) is 3. The van der Waals surface area contributed by atoms with E-state index in [1.165, 1.54) is 70.4 Å². The van der Waals surface area contributed by atoms with Crippen LogP contribution in [0, 0.1) is 24.5 Å². The van der Waals surface area contributed by atoms with Gasteiger partial charge in [0.25, 0.3) is 16.7 Å². The Hall–Kier alpha value is -10.2. The van der Waals surface area contributed by atoms with E-state index >= 15 is 0 Å². The van der Waals surface area contributed by atoms with Crippen LogP contribution < -0.4 is 53.8 Å². The van der Waals surface area contributed by atoms with Gasteiger partial charge in [0, 0.05) is 59.2 Å². The molecule has 0 aliphatic heterocycles. The van der Waals surface area contributed by atoms with Crippen LogP contribution >= 0.6 is 34.8 Å². The molecular formula is C77H85Cl3N22O3Sn. The first-order valence-electron chi connectivity index (χ1n) is 35.5. The molecule has 0 bridgehead atoms. The molecule has 0 saturated heterocycles. The third-order valence-corrected chi connectivity index (χ3v) is 35.3. The van der Waals surface area contributed by atoms with E-state index in [-0.39, 0.29) is 86.8 Å². The van der Waals surface area contributed by atoms with E-state index in [9.17, 15) is 14.4 Å². The summed E-state index contributed by atoms with van der Waals surface area (Å²) in [6.07, 6.45) is 25.5. The monoisotopic (exact) mass is 1590 g/mol. The molecule has 3 fully saturated rings. The molecule has 3 aromatic carbocycles. The molecular weight excluding hydrogens is 1510 g/mol. The van der Waals surface area contributed by atoms with Crippen LogP contribution in [0.15, 0.2) is 143 Å². The van der Waals surface area contributed by atoms with Crippen molar-refractivity contribution in [2.24, 2.45) is 5.73 Å². The van der Waals surface area contributed by atoms with Crippen LogP contribution in [0.25, 0.3) is 53.1 Å². The molecule has 0 spiro atoms. The standard InChI is InChI=1S/C23H20N8O.C19H17ClN6O.C14H15ClN2O.C5H3ClN4.C4H3N2.3C4H9.Sn/c1-13(29-21-18(25-2)12-26-23(24)30-21)19-10-14-4-3-5-17(15-8-9-27-28-11-15)20(14)22(32)31(19)16-6-7-16;1-10(24-17-14(22-2)9-23-19(21)25-17)15-8-11-4-3-5-13(20)16(11)18(27)26(15)12-6-7-12;1-8(16)12-7-9-3-2-4-11(15)13(9)14(18)17(12)10-5-6-10;6-4-3(1-7)2-9-5(8)10-4;1-2-4-6-5-3-1;3*1-3-4-2;/h3-5,8-13,16H,6-7H2,1H3,(H3,24,26,29,30);3-5,8-10,12H,6-7H2,1H3,(H3,21,23,24,25);2-4,7-8,10H,5-6,16H2,1H3;2H,(H2,8,9,10);1,3-4H;3*1,3-4H2,2H3;/t13-;10-;8-;;;;;;/m000....../s1. The number of anilines is 5. The summed E-state index contributed by atoms with van der Waals surface area (Å²) in [5.41, 5.74) is 27.4. The first kappa shape index (κ1) is 78.4. The second kappa shape index (κ2) is 36.2. The average molecular weight is 1590 g/mol. The van der Waals surface area contributed by atoms with Gasteiger partial charge in [0.1, 0.15) is 23.3 Å². The Bertz CT molecular complexity index is 5240. The number of aromatic nitrogens is 13. The number of nitrogens with zero attached hydrogens (tertiary/aromatic N) is 16. The normalized spacial score (nSPS) is 13.8.